The Balaban J connectivity index is 2.41. The van der Waals surface area contributed by atoms with Crippen molar-refractivity contribution in [1.82, 2.24) is 4.98 Å². The Morgan fingerprint density at radius 2 is 2.00 bits per heavy atom. The molecule has 0 saturated carbocycles. The summed E-state index contributed by atoms with van der Waals surface area (Å²) in [6.07, 6.45) is 1.60. The van der Waals surface area contributed by atoms with E-state index in [4.69, 9.17) is 11.0 Å². The molecule has 19 heavy (non-hydrogen) atoms. The van der Waals surface area contributed by atoms with Crippen molar-refractivity contribution in [3.05, 3.63) is 53.7 Å². The van der Waals surface area contributed by atoms with Gasteiger partial charge in [0.1, 0.15) is 5.82 Å². The Kier molecular flexibility index (Phi) is 3.44. The first-order valence-electron chi connectivity index (χ1n) is 5.62. The second-order valence-corrected chi connectivity index (χ2v) is 3.96. The largest absolute Gasteiger partial charge is 0.365 e. The van der Waals surface area contributed by atoms with Gasteiger partial charge in [0.2, 0.25) is 0 Å². The van der Waals surface area contributed by atoms with Gasteiger partial charge in [0.25, 0.3) is 5.91 Å². The highest BCUT2D eigenvalue weighted by Crippen LogP contribution is 2.24. The van der Waals surface area contributed by atoms with Crippen LogP contribution >= 0.6 is 0 Å². The van der Waals surface area contributed by atoms with E-state index in [1.54, 1.807) is 54.5 Å². The number of carbonyl (C=O) groups is 1. The molecule has 5 nitrogen and oxygen atoms in total. The van der Waals surface area contributed by atoms with Crippen LogP contribution in [-0.2, 0) is 0 Å². The van der Waals surface area contributed by atoms with Gasteiger partial charge in [-0.25, -0.2) is 4.98 Å². The topological polar surface area (TPSA) is 83.0 Å². The van der Waals surface area contributed by atoms with E-state index in [1.807, 2.05) is 0 Å². The lowest BCUT2D eigenvalue weighted by atomic mass is 10.2. The van der Waals surface area contributed by atoms with Crippen LogP contribution in [0.3, 0.4) is 0 Å². The molecular weight excluding hydrogens is 240 g/mol. The number of nitriles is 1. The van der Waals surface area contributed by atoms with Crippen molar-refractivity contribution in [2.24, 2.45) is 5.73 Å². The van der Waals surface area contributed by atoms with Gasteiger partial charge >= 0.3 is 0 Å². The third kappa shape index (κ3) is 2.53. The number of rotatable bonds is 3. The first-order valence-corrected chi connectivity index (χ1v) is 5.62. The van der Waals surface area contributed by atoms with Crippen LogP contribution in [0.25, 0.3) is 0 Å². The van der Waals surface area contributed by atoms with Gasteiger partial charge < -0.3 is 10.6 Å². The molecular formula is C14H12N4O. The van der Waals surface area contributed by atoms with Crippen molar-refractivity contribution >= 4 is 17.4 Å². The number of pyridine rings is 1. The molecule has 0 saturated heterocycles. The van der Waals surface area contributed by atoms with E-state index in [2.05, 4.69) is 11.1 Å². The second kappa shape index (κ2) is 5.19. The highest BCUT2D eigenvalue weighted by Gasteiger charge is 2.13. The van der Waals surface area contributed by atoms with E-state index in [0.29, 0.717) is 16.9 Å². The molecule has 1 amide bonds. The molecule has 0 aliphatic carbocycles. The number of nitrogens with two attached hydrogens (primary N) is 1. The summed E-state index contributed by atoms with van der Waals surface area (Å²) in [5.41, 5.74) is 7.08. The Hall–Kier alpha value is -2.87. The number of nitrogens with zero attached hydrogens (tertiary/aromatic N) is 3. The Morgan fingerprint density at radius 3 is 2.58 bits per heavy atom. The van der Waals surface area contributed by atoms with Crippen LogP contribution in [0, 0.1) is 11.3 Å². The number of hydrogen-bond acceptors (Lipinski definition) is 4. The number of anilines is 2. The van der Waals surface area contributed by atoms with Crippen molar-refractivity contribution in [2.75, 3.05) is 11.9 Å². The smallest absolute Gasteiger partial charge is 0.252 e. The lowest BCUT2D eigenvalue weighted by Crippen LogP contribution is -2.19. The molecule has 0 radical (unpaired) electrons. The molecule has 5 heteroatoms. The van der Waals surface area contributed by atoms with E-state index in [9.17, 15) is 4.79 Å². The molecule has 1 aromatic carbocycles. The molecule has 0 atom stereocenters. The van der Waals surface area contributed by atoms with Gasteiger partial charge in [0.05, 0.1) is 17.2 Å². The number of amides is 1. The normalized spacial score (nSPS) is 9.68. The summed E-state index contributed by atoms with van der Waals surface area (Å²) in [5.74, 6) is -0.0386. The molecule has 1 aromatic heterocycles. The maximum Gasteiger partial charge on any atom is 0.252 e. The number of benzene rings is 1. The zero-order chi connectivity index (χ0) is 13.8. The minimum absolute atomic E-state index is 0.356. The zero-order valence-electron chi connectivity index (χ0n) is 10.4. The highest BCUT2D eigenvalue weighted by molar-refractivity contribution is 5.98. The quantitative estimate of drug-likeness (QED) is 0.903. The molecule has 0 aliphatic heterocycles. The Labute approximate surface area is 110 Å². The summed E-state index contributed by atoms with van der Waals surface area (Å²) in [7, 11) is 1.79. The van der Waals surface area contributed by atoms with E-state index < -0.39 is 5.91 Å². The van der Waals surface area contributed by atoms with Gasteiger partial charge in [-0.3, -0.25) is 4.79 Å². The fraction of sp³-hybridized carbons (Fsp3) is 0.0714. The SMILES string of the molecule is CN(c1ccc(C#N)cc1)c1ncccc1C(N)=O. The van der Waals surface area contributed by atoms with Gasteiger partial charge in [0, 0.05) is 18.9 Å². The van der Waals surface area contributed by atoms with Crippen molar-refractivity contribution in [3.8, 4) is 6.07 Å². The lowest BCUT2D eigenvalue weighted by molar-refractivity contribution is 0.100. The maximum atomic E-state index is 11.4. The van der Waals surface area contributed by atoms with Gasteiger partial charge in [-0.2, -0.15) is 5.26 Å². The number of hydrogen-bond donors (Lipinski definition) is 1. The van der Waals surface area contributed by atoms with Gasteiger partial charge in [-0.15, -0.1) is 0 Å². The summed E-state index contributed by atoms with van der Waals surface area (Å²) in [6.45, 7) is 0. The summed E-state index contributed by atoms with van der Waals surface area (Å²) >= 11 is 0. The van der Waals surface area contributed by atoms with Crippen LogP contribution < -0.4 is 10.6 Å². The molecule has 2 rings (SSSR count). The third-order valence-electron chi connectivity index (χ3n) is 2.75. The van der Waals surface area contributed by atoms with Crippen molar-refractivity contribution in [1.29, 1.82) is 5.26 Å². The van der Waals surface area contributed by atoms with Crippen molar-refractivity contribution < 1.29 is 4.79 Å². The maximum absolute atomic E-state index is 11.4. The average molecular weight is 252 g/mol. The van der Waals surface area contributed by atoms with E-state index in [0.717, 1.165) is 5.69 Å². The molecule has 0 aliphatic rings. The third-order valence-corrected chi connectivity index (χ3v) is 2.75. The predicted molar refractivity (Wildman–Crippen MR) is 72.0 cm³/mol. The molecule has 0 spiro atoms. The summed E-state index contributed by atoms with van der Waals surface area (Å²) < 4.78 is 0. The Bertz CT molecular complexity index is 643. The average Bonchev–Trinajstić information content (AvgIpc) is 2.46. The van der Waals surface area contributed by atoms with Crippen LogP contribution in [0.5, 0.6) is 0 Å². The van der Waals surface area contributed by atoms with Crippen molar-refractivity contribution in [3.63, 3.8) is 0 Å². The standard InChI is InChI=1S/C14H12N4O/c1-18(11-6-4-10(9-15)5-7-11)14-12(13(16)19)3-2-8-17-14/h2-8H,1H3,(H2,16,19). The fourth-order valence-electron chi connectivity index (χ4n) is 1.74. The number of primary amides is 1. The van der Waals surface area contributed by atoms with Crippen LogP contribution in [0.1, 0.15) is 15.9 Å². The van der Waals surface area contributed by atoms with E-state index in [1.165, 1.54) is 0 Å². The monoisotopic (exact) mass is 252 g/mol. The molecule has 1 heterocycles. The van der Waals surface area contributed by atoms with Crippen molar-refractivity contribution in [2.45, 2.75) is 0 Å². The van der Waals surface area contributed by atoms with E-state index >= 15 is 0 Å². The summed E-state index contributed by atoms with van der Waals surface area (Å²) in [6, 6.07) is 12.3. The first-order chi connectivity index (χ1) is 9.13. The first kappa shape index (κ1) is 12.6. The Morgan fingerprint density at radius 1 is 1.32 bits per heavy atom. The minimum Gasteiger partial charge on any atom is -0.365 e. The second-order valence-electron chi connectivity index (χ2n) is 3.96. The van der Waals surface area contributed by atoms with Gasteiger partial charge in [0.15, 0.2) is 0 Å². The zero-order valence-corrected chi connectivity index (χ0v) is 10.4. The van der Waals surface area contributed by atoms with Crippen LogP contribution in [0.2, 0.25) is 0 Å². The van der Waals surface area contributed by atoms with Crippen LogP contribution in [-0.4, -0.2) is 17.9 Å². The molecule has 0 fully saturated rings. The molecule has 0 unspecified atom stereocenters. The van der Waals surface area contributed by atoms with Gasteiger partial charge in [-0.1, -0.05) is 0 Å². The summed E-state index contributed by atoms with van der Waals surface area (Å²) in [5, 5.41) is 8.76. The van der Waals surface area contributed by atoms with Crippen LogP contribution in [0.15, 0.2) is 42.6 Å². The highest BCUT2D eigenvalue weighted by atomic mass is 16.1. The molecule has 94 valence electrons. The molecule has 2 aromatic rings. The molecule has 0 bridgehead atoms. The number of aromatic nitrogens is 1. The molecule has 2 N–H and O–H groups in total. The lowest BCUT2D eigenvalue weighted by Gasteiger charge is -2.20. The van der Waals surface area contributed by atoms with E-state index in [-0.39, 0.29) is 0 Å². The number of carbonyl (C=O) groups excluding carboxylic acids is 1. The van der Waals surface area contributed by atoms with Crippen LogP contribution in [0.4, 0.5) is 11.5 Å². The summed E-state index contributed by atoms with van der Waals surface area (Å²) in [4.78, 5) is 17.3. The van der Waals surface area contributed by atoms with Gasteiger partial charge in [-0.05, 0) is 36.4 Å². The predicted octanol–water partition coefficient (Wildman–Crippen LogP) is 1.82. The fourth-order valence-corrected chi connectivity index (χ4v) is 1.74. The minimum atomic E-state index is -0.524.